The van der Waals surface area contributed by atoms with Crippen molar-refractivity contribution in [2.75, 3.05) is 6.61 Å². The maximum atomic E-state index is 13.3. The zero-order valence-electron chi connectivity index (χ0n) is 30.3. The smallest absolute Gasteiger partial charge is 0.316 e. The number of carboxylic acids is 1. The minimum absolute atomic E-state index is 0.0291. The number of esters is 1. The predicted molar refractivity (Wildman–Crippen MR) is 196 cm³/mol. The molecule has 2 aromatic carbocycles. The Hall–Kier alpha value is -2.92. The second-order valence-electron chi connectivity index (χ2n) is 17.1. The van der Waals surface area contributed by atoms with Crippen LogP contribution >= 0.6 is 0 Å². The highest BCUT2D eigenvalue weighted by atomic mass is 28.3. The van der Waals surface area contributed by atoms with Crippen LogP contribution < -0.4 is 0 Å². The molecule has 2 atom stereocenters. The van der Waals surface area contributed by atoms with Crippen molar-refractivity contribution in [3.8, 4) is 0 Å². The molecule has 0 saturated heterocycles. The topological polar surface area (TPSA) is 63.6 Å². The molecule has 0 aromatic heterocycles. The van der Waals surface area contributed by atoms with Crippen LogP contribution in [0.25, 0.3) is 0 Å². The minimum Gasteiger partial charge on any atom is -0.481 e. The Morgan fingerprint density at radius 1 is 0.783 bits per heavy atom. The maximum Gasteiger partial charge on any atom is 0.316 e. The van der Waals surface area contributed by atoms with Gasteiger partial charge in [-0.25, -0.2) is 0 Å². The minimum atomic E-state index is -1.22. The Bertz CT molecular complexity index is 1420. The Labute approximate surface area is 280 Å². The lowest BCUT2D eigenvalue weighted by Crippen LogP contribution is -2.40. The number of carbonyl (C=O) groups excluding carboxylic acids is 1. The average Bonchev–Trinajstić information content (AvgIpc) is 2.96. The van der Waals surface area contributed by atoms with Gasteiger partial charge in [-0.05, 0) is 90.5 Å². The van der Waals surface area contributed by atoms with Gasteiger partial charge in [0.15, 0.2) is 0 Å². The van der Waals surface area contributed by atoms with Crippen LogP contribution in [-0.2, 0) is 36.0 Å². The van der Waals surface area contributed by atoms with Gasteiger partial charge < -0.3 is 9.84 Å². The number of carbonyl (C=O) groups is 2. The summed E-state index contributed by atoms with van der Waals surface area (Å²) in [4.78, 5) is 25.2. The number of aliphatic carboxylic acids is 1. The van der Waals surface area contributed by atoms with E-state index < -0.39 is 24.9 Å². The summed E-state index contributed by atoms with van der Waals surface area (Å²) in [5.41, 5.74) is 5.45. The van der Waals surface area contributed by atoms with Crippen molar-refractivity contribution in [1.82, 2.24) is 0 Å². The standard InChI is InChI=1S/C23H36O2Si.C18H24O2/c1-18-10-9-13-23(17-18,21(24)25-14-15-26(5,6)7)20-12-8-11-19(16-20)22(2,3)4;1-13-7-6-10-18(12-13,16(19)20)15-9-5-8-14(11-15)17(2,3)4/h8,11-12,16H,1,9-10,13-15,17H2,2-7H3;5,8-9,11H,1,6-7,10,12H2,2-4H3,(H,19,20). The van der Waals surface area contributed by atoms with Crippen LogP contribution in [0.5, 0.6) is 0 Å². The van der Waals surface area contributed by atoms with Crippen LogP contribution in [0.4, 0.5) is 0 Å². The SMILES string of the molecule is C=C1CCCC(C(=O)O)(c2cccc(C(C)(C)C)c2)C1.C=C1CCCC(C(=O)OCC[Si](C)(C)C)(c2cccc(C(C)(C)C)c2)C1. The normalized spacial score (nSPS) is 22.5. The third-order valence-electron chi connectivity index (χ3n) is 9.82. The Morgan fingerprint density at radius 3 is 1.63 bits per heavy atom. The van der Waals surface area contributed by atoms with Gasteiger partial charge >= 0.3 is 11.9 Å². The first-order valence-corrected chi connectivity index (χ1v) is 20.9. The summed E-state index contributed by atoms with van der Waals surface area (Å²) in [6, 6.07) is 17.7. The molecule has 0 aliphatic heterocycles. The quantitative estimate of drug-likeness (QED) is 0.185. The summed E-state index contributed by atoms with van der Waals surface area (Å²) in [5.74, 6) is -0.771. The van der Waals surface area contributed by atoms with Gasteiger partial charge in [0.2, 0.25) is 0 Å². The van der Waals surface area contributed by atoms with Gasteiger partial charge in [0, 0.05) is 8.07 Å². The van der Waals surface area contributed by atoms with Crippen LogP contribution in [0.2, 0.25) is 25.7 Å². The van der Waals surface area contributed by atoms with Gasteiger partial charge in [-0.1, -0.05) is 134 Å². The monoisotopic (exact) mass is 644 g/mol. The van der Waals surface area contributed by atoms with E-state index in [2.05, 4.69) is 111 Å². The highest BCUT2D eigenvalue weighted by Crippen LogP contribution is 2.44. The molecule has 4 rings (SSSR count). The maximum absolute atomic E-state index is 13.3. The highest BCUT2D eigenvalue weighted by Gasteiger charge is 2.45. The van der Waals surface area contributed by atoms with Crippen molar-refractivity contribution >= 4 is 20.0 Å². The first kappa shape index (κ1) is 37.5. The Morgan fingerprint density at radius 2 is 1.22 bits per heavy atom. The summed E-state index contributed by atoms with van der Waals surface area (Å²) in [6.45, 7) is 28.8. The molecular formula is C41H60O4Si. The van der Waals surface area contributed by atoms with Gasteiger partial charge in [-0.3, -0.25) is 9.59 Å². The largest absolute Gasteiger partial charge is 0.481 e. The van der Waals surface area contributed by atoms with Gasteiger partial charge in [0.1, 0.15) is 0 Å². The molecule has 1 N–H and O–H groups in total. The molecule has 2 aromatic rings. The molecule has 4 nitrogen and oxygen atoms in total. The van der Waals surface area contributed by atoms with E-state index in [1.54, 1.807) is 0 Å². The molecule has 2 fully saturated rings. The molecule has 2 saturated carbocycles. The van der Waals surface area contributed by atoms with Crippen LogP contribution in [0.15, 0.2) is 72.8 Å². The van der Waals surface area contributed by atoms with Crippen LogP contribution in [0, 0.1) is 0 Å². The molecule has 2 aliphatic rings. The molecule has 46 heavy (non-hydrogen) atoms. The summed E-state index contributed by atoms with van der Waals surface area (Å²) < 4.78 is 5.84. The summed E-state index contributed by atoms with van der Waals surface area (Å²) in [6.07, 6.45) is 6.71. The lowest BCUT2D eigenvalue weighted by atomic mass is 9.67. The van der Waals surface area contributed by atoms with E-state index in [0.29, 0.717) is 25.9 Å². The van der Waals surface area contributed by atoms with E-state index >= 15 is 0 Å². The van der Waals surface area contributed by atoms with E-state index in [4.69, 9.17) is 4.74 Å². The van der Waals surface area contributed by atoms with Crippen molar-refractivity contribution in [3.63, 3.8) is 0 Å². The first-order valence-electron chi connectivity index (χ1n) is 17.2. The lowest BCUT2D eigenvalue weighted by Gasteiger charge is -2.37. The molecule has 252 valence electrons. The molecule has 0 bridgehead atoms. The fourth-order valence-corrected chi connectivity index (χ4v) is 7.45. The van der Waals surface area contributed by atoms with Crippen LogP contribution in [0.1, 0.15) is 115 Å². The van der Waals surface area contributed by atoms with Crippen LogP contribution in [0.3, 0.4) is 0 Å². The van der Waals surface area contributed by atoms with E-state index in [1.165, 1.54) is 16.7 Å². The third kappa shape index (κ3) is 9.33. The molecule has 2 aliphatic carbocycles. The van der Waals surface area contributed by atoms with E-state index in [1.807, 2.05) is 12.1 Å². The second kappa shape index (κ2) is 14.5. The summed E-state index contributed by atoms with van der Waals surface area (Å²) in [7, 11) is -1.22. The van der Waals surface area contributed by atoms with Crippen molar-refractivity contribution in [3.05, 3.63) is 95.1 Å². The number of allylic oxidation sites excluding steroid dienone is 2. The van der Waals surface area contributed by atoms with Crippen molar-refractivity contribution in [2.24, 2.45) is 0 Å². The van der Waals surface area contributed by atoms with Crippen molar-refractivity contribution < 1.29 is 19.4 Å². The zero-order valence-corrected chi connectivity index (χ0v) is 31.3. The van der Waals surface area contributed by atoms with Gasteiger partial charge in [0.25, 0.3) is 0 Å². The van der Waals surface area contributed by atoms with Gasteiger partial charge in [-0.2, -0.15) is 0 Å². The summed E-state index contributed by atoms with van der Waals surface area (Å²) >= 11 is 0. The Kier molecular flexibility index (Phi) is 11.8. The third-order valence-corrected chi connectivity index (χ3v) is 11.5. The molecule has 2 unspecified atom stereocenters. The first-order chi connectivity index (χ1) is 21.2. The van der Waals surface area contributed by atoms with E-state index in [9.17, 15) is 14.7 Å². The fourth-order valence-electron chi connectivity index (χ4n) is 6.73. The van der Waals surface area contributed by atoms with Crippen molar-refractivity contribution in [2.45, 2.75) is 140 Å². The number of hydrogen-bond acceptors (Lipinski definition) is 3. The molecular weight excluding hydrogens is 585 g/mol. The van der Waals surface area contributed by atoms with Gasteiger partial charge in [-0.15, -0.1) is 0 Å². The van der Waals surface area contributed by atoms with Crippen molar-refractivity contribution in [1.29, 1.82) is 0 Å². The number of rotatable bonds is 7. The second-order valence-corrected chi connectivity index (χ2v) is 22.8. The Balaban J connectivity index is 0.000000259. The van der Waals surface area contributed by atoms with Crippen LogP contribution in [-0.4, -0.2) is 31.7 Å². The number of hydrogen-bond donors (Lipinski definition) is 1. The highest BCUT2D eigenvalue weighted by molar-refractivity contribution is 6.76. The molecule has 5 heteroatoms. The van der Waals surface area contributed by atoms with E-state index in [0.717, 1.165) is 54.8 Å². The molecule has 0 radical (unpaired) electrons. The summed E-state index contributed by atoms with van der Waals surface area (Å²) in [5, 5.41) is 9.81. The number of carboxylic acid groups (broad SMARTS) is 1. The fraction of sp³-hybridized carbons (Fsp3) is 0.561. The van der Waals surface area contributed by atoms with E-state index in [-0.39, 0.29) is 16.8 Å². The average molecular weight is 645 g/mol. The predicted octanol–water partition coefficient (Wildman–Crippen LogP) is 10.7. The zero-order chi connectivity index (χ0) is 34.6. The molecule has 0 spiro atoms. The lowest BCUT2D eigenvalue weighted by molar-refractivity contribution is -0.151. The number of benzene rings is 2. The molecule has 0 amide bonds. The van der Waals surface area contributed by atoms with Gasteiger partial charge in [0.05, 0.1) is 17.4 Å². The number of ether oxygens (including phenoxy) is 1. The molecule has 0 heterocycles.